The summed E-state index contributed by atoms with van der Waals surface area (Å²) in [5.74, 6) is 0.595. The van der Waals surface area contributed by atoms with Gasteiger partial charge in [-0.2, -0.15) is 5.10 Å². The third kappa shape index (κ3) is 2.43. The maximum absolute atomic E-state index is 14.1. The number of imidazole rings is 1. The van der Waals surface area contributed by atoms with E-state index in [-0.39, 0.29) is 11.8 Å². The minimum Gasteiger partial charge on any atom is -0.336 e. The molecule has 1 aliphatic carbocycles. The molecular formula is C24H26N6O2. The van der Waals surface area contributed by atoms with Crippen molar-refractivity contribution in [3.05, 3.63) is 65.0 Å². The number of nitrogens with one attached hydrogen (secondary N) is 1. The minimum absolute atomic E-state index is 0.0611. The van der Waals surface area contributed by atoms with Crippen molar-refractivity contribution in [3.63, 3.8) is 0 Å². The van der Waals surface area contributed by atoms with Crippen molar-refractivity contribution in [2.75, 3.05) is 11.9 Å². The number of rotatable bonds is 2. The molecule has 164 valence electrons. The molecule has 8 nitrogen and oxygen atoms in total. The normalized spacial score (nSPS) is 24.0. The van der Waals surface area contributed by atoms with Gasteiger partial charge in [0.2, 0.25) is 5.91 Å². The number of carbonyl (C=O) groups is 2. The second-order valence-corrected chi connectivity index (χ2v) is 9.12. The summed E-state index contributed by atoms with van der Waals surface area (Å²) in [6.45, 7) is 0.484. The van der Waals surface area contributed by atoms with E-state index in [2.05, 4.69) is 15.4 Å². The predicted octanol–water partition coefficient (Wildman–Crippen LogP) is 2.51. The van der Waals surface area contributed by atoms with Gasteiger partial charge in [-0.25, -0.2) is 4.98 Å². The van der Waals surface area contributed by atoms with Crippen LogP contribution in [0.15, 0.2) is 36.7 Å². The van der Waals surface area contributed by atoms with Crippen molar-refractivity contribution < 1.29 is 9.59 Å². The summed E-state index contributed by atoms with van der Waals surface area (Å²) in [7, 11) is 3.77. The van der Waals surface area contributed by atoms with Gasteiger partial charge in [-0.15, -0.1) is 0 Å². The lowest BCUT2D eigenvalue weighted by atomic mass is 9.74. The van der Waals surface area contributed by atoms with Gasteiger partial charge in [0.05, 0.1) is 5.69 Å². The Bertz CT molecular complexity index is 1260. The second kappa shape index (κ2) is 6.79. The van der Waals surface area contributed by atoms with E-state index in [1.807, 2.05) is 54.0 Å². The molecule has 3 aliphatic rings. The van der Waals surface area contributed by atoms with Crippen molar-refractivity contribution in [1.29, 1.82) is 0 Å². The fourth-order valence-corrected chi connectivity index (χ4v) is 5.99. The highest BCUT2D eigenvalue weighted by atomic mass is 16.2. The molecule has 2 amide bonds. The number of hydrogen-bond acceptors (Lipinski definition) is 4. The monoisotopic (exact) mass is 430 g/mol. The fourth-order valence-electron chi connectivity index (χ4n) is 5.99. The largest absolute Gasteiger partial charge is 0.336 e. The van der Waals surface area contributed by atoms with Crippen LogP contribution in [0, 0.1) is 0 Å². The molecule has 1 fully saturated rings. The number of para-hydroxylation sites is 1. The summed E-state index contributed by atoms with van der Waals surface area (Å²) in [6.07, 6.45) is 8.12. The Morgan fingerprint density at radius 1 is 1.19 bits per heavy atom. The Kier molecular flexibility index (Phi) is 4.09. The first kappa shape index (κ1) is 19.3. The van der Waals surface area contributed by atoms with Crippen LogP contribution in [0.3, 0.4) is 0 Å². The lowest BCUT2D eigenvalue weighted by Crippen LogP contribution is -2.44. The van der Waals surface area contributed by atoms with Gasteiger partial charge in [0.1, 0.15) is 23.0 Å². The molecule has 1 N–H and O–H groups in total. The average molecular weight is 431 g/mol. The SMILES string of the molecule is Cn1ccnc1[C@@H]1N(C(=O)c2c3c(nn2C)CCCC3)CC[C@]12C(=O)Nc1ccccc12. The van der Waals surface area contributed by atoms with Crippen LogP contribution < -0.4 is 5.32 Å². The van der Waals surface area contributed by atoms with E-state index in [9.17, 15) is 9.59 Å². The summed E-state index contributed by atoms with van der Waals surface area (Å²) >= 11 is 0. The molecule has 0 radical (unpaired) electrons. The molecular weight excluding hydrogens is 404 g/mol. The van der Waals surface area contributed by atoms with E-state index in [0.717, 1.165) is 54.0 Å². The number of hydrogen-bond donors (Lipinski definition) is 1. The van der Waals surface area contributed by atoms with Crippen LogP contribution in [-0.2, 0) is 37.1 Å². The fraction of sp³-hybridized carbons (Fsp3) is 0.417. The van der Waals surface area contributed by atoms with E-state index in [1.54, 1.807) is 10.9 Å². The van der Waals surface area contributed by atoms with Crippen LogP contribution in [0.5, 0.6) is 0 Å². The molecule has 1 aromatic carbocycles. The first-order valence-corrected chi connectivity index (χ1v) is 11.3. The van der Waals surface area contributed by atoms with Crippen LogP contribution in [-0.4, -0.2) is 42.6 Å². The van der Waals surface area contributed by atoms with Crippen LogP contribution in [0.25, 0.3) is 0 Å². The summed E-state index contributed by atoms with van der Waals surface area (Å²) in [4.78, 5) is 34.1. The highest BCUT2D eigenvalue weighted by Crippen LogP contribution is 2.54. The number of nitrogens with zero attached hydrogens (tertiary/aromatic N) is 5. The zero-order valence-corrected chi connectivity index (χ0v) is 18.3. The quantitative estimate of drug-likeness (QED) is 0.677. The molecule has 1 spiro atoms. The first-order valence-electron chi connectivity index (χ1n) is 11.3. The number of carbonyl (C=O) groups excluding carboxylic acids is 2. The zero-order chi connectivity index (χ0) is 22.0. The van der Waals surface area contributed by atoms with Gasteiger partial charge in [-0.1, -0.05) is 18.2 Å². The smallest absolute Gasteiger partial charge is 0.273 e. The van der Waals surface area contributed by atoms with Crippen molar-refractivity contribution in [3.8, 4) is 0 Å². The van der Waals surface area contributed by atoms with Crippen molar-refractivity contribution in [2.24, 2.45) is 14.1 Å². The summed E-state index contributed by atoms with van der Waals surface area (Å²) in [5, 5.41) is 7.72. The molecule has 0 unspecified atom stereocenters. The van der Waals surface area contributed by atoms with Crippen molar-refractivity contribution in [2.45, 2.75) is 43.6 Å². The standard InChI is InChI=1S/C24H26N6O2/c1-28-14-12-25-21(28)20-24(16-8-4-6-10-18(16)26-23(24)32)11-13-30(20)22(31)19-15-7-3-5-9-17(15)27-29(19)2/h4,6,8,10,12,14,20H,3,5,7,9,11,13H2,1-2H3,(H,26,32)/t20-,24+/m0/s1. The molecule has 0 saturated carbocycles. The third-order valence-electron chi connectivity index (χ3n) is 7.47. The number of anilines is 1. The van der Waals surface area contributed by atoms with Gasteiger partial charge >= 0.3 is 0 Å². The molecule has 2 atom stereocenters. The van der Waals surface area contributed by atoms with E-state index in [0.29, 0.717) is 18.7 Å². The van der Waals surface area contributed by atoms with E-state index >= 15 is 0 Å². The topological polar surface area (TPSA) is 85.1 Å². The number of benzene rings is 1. The van der Waals surface area contributed by atoms with Crippen LogP contribution >= 0.6 is 0 Å². The number of amides is 2. The van der Waals surface area contributed by atoms with Gasteiger partial charge in [-0.05, 0) is 43.7 Å². The van der Waals surface area contributed by atoms with Crippen LogP contribution in [0.1, 0.15) is 58.4 Å². The highest BCUT2D eigenvalue weighted by Gasteiger charge is 2.61. The predicted molar refractivity (Wildman–Crippen MR) is 118 cm³/mol. The molecule has 3 aromatic rings. The van der Waals surface area contributed by atoms with Crippen molar-refractivity contribution >= 4 is 17.5 Å². The maximum Gasteiger partial charge on any atom is 0.273 e. The lowest BCUT2D eigenvalue weighted by Gasteiger charge is -2.33. The number of aryl methyl sites for hydroxylation is 3. The first-order chi connectivity index (χ1) is 15.5. The molecule has 32 heavy (non-hydrogen) atoms. The van der Waals surface area contributed by atoms with Gasteiger partial charge in [-0.3, -0.25) is 14.3 Å². The van der Waals surface area contributed by atoms with Gasteiger partial charge in [0, 0.05) is 44.3 Å². The van der Waals surface area contributed by atoms with E-state index < -0.39 is 11.5 Å². The molecule has 2 aromatic heterocycles. The molecule has 6 rings (SSSR count). The molecule has 2 aliphatic heterocycles. The van der Waals surface area contributed by atoms with E-state index in [1.165, 1.54) is 0 Å². The Morgan fingerprint density at radius 2 is 2.00 bits per heavy atom. The van der Waals surface area contributed by atoms with Crippen molar-refractivity contribution in [1.82, 2.24) is 24.2 Å². The zero-order valence-electron chi connectivity index (χ0n) is 18.3. The second-order valence-electron chi connectivity index (χ2n) is 9.12. The van der Waals surface area contributed by atoms with E-state index in [4.69, 9.17) is 0 Å². The third-order valence-corrected chi connectivity index (χ3v) is 7.47. The van der Waals surface area contributed by atoms with Crippen LogP contribution in [0.2, 0.25) is 0 Å². The summed E-state index contributed by atoms with van der Waals surface area (Å²) < 4.78 is 3.66. The Labute approximate surface area is 186 Å². The Balaban J connectivity index is 1.51. The minimum atomic E-state index is -0.857. The summed E-state index contributed by atoms with van der Waals surface area (Å²) in [6, 6.07) is 7.32. The van der Waals surface area contributed by atoms with Gasteiger partial charge in [0.15, 0.2) is 0 Å². The average Bonchev–Trinajstić information content (AvgIpc) is 3.52. The van der Waals surface area contributed by atoms with Crippen LogP contribution in [0.4, 0.5) is 5.69 Å². The molecule has 4 heterocycles. The number of likely N-dealkylation sites (tertiary alicyclic amines) is 1. The maximum atomic E-state index is 14.1. The highest BCUT2D eigenvalue weighted by molar-refractivity contribution is 6.08. The summed E-state index contributed by atoms with van der Waals surface area (Å²) in [5.41, 5.74) is 3.67. The van der Waals surface area contributed by atoms with Gasteiger partial charge in [0.25, 0.3) is 5.91 Å². The molecule has 1 saturated heterocycles. The molecule has 0 bridgehead atoms. The van der Waals surface area contributed by atoms with Gasteiger partial charge < -0.3 is 14.8 Å². The number of fused-ring (bicyclic) bond motifs is 3. The number of aromatic nitrogens is 4. The Morgan fingerprint density at radius 3 is 2.81 bits per heavy atom. The molecule has 8 heteroatoms. The lowest BCUT2D eigenvalue weighted by molar-refractivity contribution is -0.121. The Hall–Kier alpha value is -3.42.